The summed E-state index contributed by atoms with van der Waals surface area (Å²) < 4.78 is 0. The van der Waals surface area contributed by atoms with Crippen molar-refractivity contribution < 1.29 is 4.79 Å². The number of nitrogens with zero attached hydrogens (tertiary/aromatic N) is 2. The number of aromatic amines is 1. The Labute approximate surface area is 123 Å². The predicted molar refractivity (Wildman–Crippen MR) is 79.1 cm³/mol. The van der Waals surface area contributed by atoms with Gasteiger partial charge >= 0.3 is 0 Å². The number of aromatic nitrogens is 3. The van der Waals surface area contributed by atoms with Gasteiger partial charge in [0.15, 0.2) is 5.13 Å². The maximum atomic E-state index is 11.9. The Balaban J connectivity index is 1.76. The second-order valence-electron chi connectivity index (χ2n) is 3.94. The Hall–Kier alpha value is -2.18. The molecule has 20 heavy (non-hydrogen) atoms. The molecule has 0 saturated heterocycles. The van der Waals surface area contributed by atoms with Crippen LogP contribution in [0.15, 0.2) is 42.0 Å². The SMILES string of the molecule is O=C(Nc1nc(-c2ccccn2)cs1)c1cc(Cl)c[nH]1. The van der Waals surface area contributed by atoms with Gasteiger partial charge < -0.3 is 4.98 Å². The van der Waals surface area contributed by atoms with Crippen molar-refractivity contribution in [2.75, 3.05) is 5.32 Å². The maximum absolute atomic E-state index is 11.9. The van der Waals surface area contributed by atoms with Gasteiger partial charge in [0.25, 0.3) is 5.91 Å². The molecule has 5 nitrogen and oxygen atoms in total. The van der Waals surface area contributed by atoms with E-state index in [1.54, 1.807) is 18.5 Å². The zero-order valence-electron chi connectivity index (χ0n) is 10.1. The smallest absolute Gasteiger partial charge is 0.273 e. The van der Waals surface area contributed by atoms with E-state index in [1.165, 1.54) is 11.3 Å². The number of hydrogen-bond acceptors (Lipinski definition) is 4. The van der Waals surface area contributed by atoms with Crippen LogP contribution < -0.4 is 5.32 Å². The lowest BCUT2D eigenvalue weighted by Crippen LogP contribution is -2.11. The Morgan fingerprint density at radius 1 is 1.35 bits per heavy atom. The molecule has 0 fully saturated rings. The fourth-order valence-corrected chi connectivity index (χ4v) is 2.49. The molecule has 3 aromatic heterocycles. The lowest BCUT2D eigenvalue weighted by atomic mass is 10.3. The van der Waals surface area contributed by atoms with Crippen LogP contribution in [0.3, 0.4) is 0 Å². The molecule has 3 aromatic rings. The molecule has 0 radical (unpaired) electrons. The summed E-state index contributed by atoms with van der Waals surface area (Å²) in [5, 5.41) is 5.56. The van der Waals surface area contributed by atoms with Gasteiger partial charge in [-0.25, -0.2) is 4.98 Å². The highest BCUT2D eigenvalue weighted by atomic mass is 35.5. The van der Waals surface area contributed by atoms with Crippen LogP contribution in [0.5, 0.6) is 0 Å². The van der Waals surface area contributed by atoms with Gasteiger partial charge in [-0.2, -0.15) is 0 Å². The first-order valence-electron chi connectivity index (χ1n) is 5.74. The first kappa shape index (κ1) is 12.8. The standard InChI is InChI=1S/C13H9ClN4OS/c14-8-5-10(16-6-8)12(19)18-13-17-11(7-20-13)9-3-1-2-4-15-9/h1-7,16H,(H,17,18,19). The second kappa shape index (κ2) is 5.44. The summed E-state index contributed by atoms with van der Waals surface area (Å²) in [5.74, 6) is -0.279. The molecule has 0 atom stereocenters. The summed E-state index contributed by atoms with van der Waals surface area (Å²) in [6.45, 7) is 0. The van der Waals surface area contributed by atoms with Crippen molar-refractivity contribution in [3.63, 3.8) is 0 Å². The second-order valence-corrected chi connectivity index (χ2v) is 5.23. The molecule has 3 rings (SSSR count). The molecule has 0 aliphatic rings. The molecule has 100 valence electrons. The van der Waals surface area contributed by atoms with Crippen LogP contribution in [-0.4, -0.2) is 20.9 Å². The van der Waals surface area contributed by atoms with E-state index in [2.05, 4.69) is 20.3 Å². The Bertz CT molecular complexity index is 738. The van der Waals surface area contributed by atoms with Crippen molar-refractivity contribution in [3.8, 4) is 11.4 Å². The van der Waals surface area contributed by atoms with E-state index in [0.717, 1.165) is 11.4 Å². The predicted octanol–water partition coefficient (Wildman–Crippen LogP) is 3.44. The van der Waals surface area contributed by atoms with E-state index < -0.39 is 0 Å². The van der Waals surface area contributed by atoms with Crippen molar-refractivity contribution in [1.29, 1.82) is 0 Å². The van der Waals surface area contributed by atoms with E-state index in [4.69, 9.17) is 11.6 Å². The summed E-state index contributed by atoms with van der Waals surface area (Å²) in [7, 11) is 0. The van der Waals surface area contributed by atoms with Crippen molar-refractivity contribution in [3.05, 3.63) is 52.8 Å². The van der Waals surface area contributed by atoms with Crippen molar-refractivity contribution in [2.24, 2.45) is 0 Å². The number of carbonyl (C=O) groups excluding carboxylic acids is 1. The van der Waals surface area contributed by atoms with Gasteiger partial charge in [-0.1, -0.05) is 17.7 Å². The van der Waals surface area contributed by atoms with Gasteiger partial charge in [0, 0.05) is 17.8 Å². The third-order valence-electron chi connectivity index (χ3n) is 2.54. The number of thiazole rings is 1. The Kier molecular flexibility index (Phi) is 3.49. The maximum Gasteiger partial charge on any atom is 0.273 e. The zero-order valence-corrected chi connectivity index (χ0v) is 11.7. The Morgan fingerprint density at radius 3 is 2.95 bits per heavy atom. The van der Waals surface area contributed by atoms with Gasteiger partial charge in [-0.05, 0) is 18.2 Å². The minimum Gasteiger partial charge on any atom is -0.356 e. The number of amides is 1. The minimum atomic E-state index is -0.279. The van der Waals surface area contributed by atoms with E-state index in [1.807, 2.05) is 23.6 Å². The summed E-state index contributed by atoms with van der Waals surface area (Å²) in [5.41, 5.74) is 1.90. The van der Waals surface area contributed by atoms with E-state index in [9.17, 15) is 4.79 Å². The molecule has 2 N–H and O–H groups in total. The van der Waals surface area contributed by atoms with Crippen LogP contribution >= 0.6 is 22.9 Å². The summed E-state index contributed by atoms with van der Waals surface area (Å²) >= 11 is 7.10. The lowest BCUT2D eigenvalue weighted by Gasteiger charge is -1.98. The van der Waals surface area contributed by atoms with Crippen LogP contribution in [0.2, 0.25) is 5.02 Å². The number of carbonyl (C=O) groups is 1. The molecule has 0 bridgehead atoms. The van der Waals surface area contributed by atoms with E-state index in [0.29, 0.717) is 15.8 Å². The molecule has 7 heteroatoms. The van der Waals surface area contributed by atoms with Gasteiger partial charge in [0.2, 0.25) is 0 Å². The van der Waals surface area contributed by atoms with Crippen LogP contribution in [0.1, 0.15) is 10.5 Å². The van der Waals surface area contributed by atoms with Gasteiger partial charge in [0.05, 0.1) is 10.7 Å². The number of anilines is 1. The van der Waals surface area contributed by atoms with E-state index in [-0.39, 0.29) is 5.91 Å². The molecular formula is C13H9ClN4OS. The molecule has 0 aliphatic carbocycles. The third kappa shape index (κ3) is 2.71. The summed E-state index contributed by atoms with van der Waals surface area (Å²) in [6, 6.07) is 7.16. The first-order chi connectivity index (χ1) is 9.72. The number of nitrogens with one attached hydrogen (secondary N) is 2. The Morgan fingerprint density at radius 2 is 2.25 bits per heavy atom. The van der Waals surface area contributed by atoms with Crippen molar-refractivity contribution in [2.45, 2.75) is 0 Å². The summed E-state index contributed by atoms with van der Waals surface area (Å²) in [4.78, 5) is 23.2. The molecule has 0 aliphatic heterocycles. The lowest BCUT2D eigenvalue weighted by molar-refractivity contribution is 0.102. The fraction of sp³-hybridized carbons (Fsp3) is 0. The van der Waals surface area contributed by atoms with E-state index >= 15 is 0 Å². The van der Waals surface area contributed by atoms with Crippen molar-refractivity contribution in [1.82, 2.24) is 15.0 Å². The largest absolute Gasteiger partial charge is 0.356 e. The quantitative estimate of drug-likeness (QED) is 0.778. The molecule has 0 unspecified atom stereocenters. The monoisotopic (exact) mass is 304 g/mol. The highest BCUT2D eigenvalue weighted by Crippen LogP contribution is 2.23. The third-order valence-corrected chi connectivity index (χ3v) is 3.52. The number of hydrogen-bond donors (Lipinski definition) is 2. The van der Waals surface area contributed by atoms with Crippen LogP contribution in [-0.2, 0) is 0 Å². The molecule has 1 amide bonds. The number of rotatable bonds is 3. The number of pyridine rings is 1. The molecule has 3 heterocycles. The topological polar surface area (TPSA) is 70.7 Å². The van der Waals surface area contributed by atoms with Gasteiger partial charge in [-0.3, -0.25) is 15.1 Å². The normalized spacial score (nSPS) is 10.4. The average molecular weight is 305 g/mol. The average Bonchev–Trinajstić information content (AvgIpc) is 3.09. The van der Waals surface area contributed by atoms with Crippen molar-refractivity contribution >= 4 is 34.0 Å². The highest BCUT2D eigenvalue weighted by Gasteiger charge is 2.11. The molecule has 0 aromatic carbocycles. The van der Waals surface area contributed by atoms with Crippen LogP contribution in [0.25, 0.3) is 11.4 Å². The fourth-order valence-electron chi connectivity index (χ4n) is 1.63. The van der Waals surface area contributed by atoms with Gasteiger partial charge in [-0.15, -0.1) is 11.3 Å². The molecule has 0 spiro atoms. The summed E-state index contributed by atoms with van der Waals surface area (Å²) in [6.07, 6.45) is 3.26. The van der Waals surface area contributed by atoms with Gasteiger partial charge in [0.1, 0.15) is 11.4 Å². The van der Waals surface area contributed by atoms with Crippen LogP contribution in [0, 0.1) is 0 Å². The number of halogens is 1. The molecule has 0 saturated carbocycles. The highest BCUT2D eigenvalue weighted by molar-refractivity contribution is 7.14. The van der Waals surface area contributed by atoms with Crippen LogP contribution in [0.4, 0.5) is 5.13 Å². The minimum absolute atomic E-state index is 0.279. The first-order valence-corrected chi connectivity index (χ1v) is 7.00. The zero-order chi connectivity index (χ0) is 13.9. The number of H-pyrrole nitrogens is 1. The molecular weight excluding hydrogens is 296 g/mol.